The van der Waals surface area contributed by atoms with E-state index >= 15 is 0 Å². The fraction of sp³-hybridized carbons (Fsp3) is 0.500. The summed E-state index contributed by atoms with van der Waals surface area (Å²) in [7, 11) is 1.63. The van der Waals surface area contributed by atoms with Crippen LogP contribution in [0.1, 0.15) is 6.42 Å². The Bertz CT molecular complexity index is 651. The van der Waals surface area contributed by atoms with Gasteiger partial charge in [0.25, 0.3) is 0 Å². The summed E-state index contributed by atoms with van der Waals surface area (Å²) in [5.74, 6) is 0.607. The molecule has 0 radical (unpaired) electrons. The second-order valence-electron chi connectivity index (χ2n) is 5.60. The van der Waals surface area contributed by atoms with Gasteiger partial charge in [0, 0.05) is 44.5 Å². The molecule has 1 atom stereocenters. The molecule has 3 heterocycles. The highest BCUT2D eigenvalue weighted by molar-refractivity contribution is 5.88. The zero-order chi connectivity index (χ0) is 16.1. The molecule has 0 aromatic carbocycles. The number of fused-ring (bicyclic) bond motifs is 1. The van der Waals surface area contributed by atoms with Crippen LogP contribution in [-0.2, 0) is 0 Å². The van der Waals surface area contributed by atoms with Gasteiger partial charge in [-0.05, 0) is 18.6 Å². The lowest BCUT2D eigenvalue weighted by Crippen LogP contribution is -2.37. The number of aromatic nitrogens is 2. The minimum atomic E-state index is 0.0228. The van der Waals surface area contributed by atoms with Crippen molar-refractivity contribution >= 4 is 16.7 Å². The molecule has 3 N–H and O–H groups in total. The molecule has 7 heteroatoms. The van der Waals surface area contributed by atoms with Crippen molar-refractivity contribution < 1.29 is 9.84 Å². The van der Waals surface area contributed by atoms with Gasteiger partial charge >= 0.3 is 0 Å². The zero-order valence-electron chi connectivity index (χ0n) is 13.3. The highest BCUT2D eigenvalue weighted by Crippen LogP contribution is 2.28. The van der Waals surface area contributed by atoms with E-state index < -0.39 is 0 Å². The summed E-state index contributed by atoms with van der Waals surface area (Å²) in [4.78, 5) is 11.3. The molecular formula is C16H23N5O2. The number of methoxy groups -OCH3 is 1. The molecule has 1 unspecified atom stereocenters. The molecule has 0 spiro atoms. The molecule has 0 amide bonds. The molecule has 0 saturated carbocycles. The Morgan fingerprint density at radius 2 is 2.26 bits per heavy atom. The van der Waals surface area contributed by atoms with Gasteiger partial charge in [0.15, 0.2) is 0 Å². The molecule has 23 heavy (non-hydrogen) atoms. The van der Waals surface area contributed by atoms with Gasteiger partial charge in [-0.15, -0.1) is 0 Å². The number of aliphatic hydroxyl groups excluding tert-OH is 1. The van der Waals surface area contributed by atoms with E-state index in [1.165, 1.54) is 0 Å². The van der Waals surface area contributed by atoms with Crippen molar-refractivity contribution in [3.05, 3.63) is 24.4 Å². The average molecular weight is 317 g/mol. The zero-order valence-corrected chi connectivity index (χ0v) is 13.3. The van der Waals surface area contributed by atoms with Gasteiger partial charge in [-0.1, -0.05) is 0 Å². The number of ether oxygens (including phenoxy) is 1. The lowest BCUT2D eigenvalue weighted by Gasteiger charge is -2.20. The maximum absolute atomic E-state index is 8.72. The summed E-state index contributed by atoms with van der Waals surface area (Å²) >= 11 is 0. The lowest BCUT2D eigenvalue weighted by atomic mass is 10.2. The van der Waals surface area contributed by atoms with Gasteiger partial charge < -0.3 is 20.1 Å². The largest absolute Gasteiger partial charge is 0.481 e. The molecule has 124 valence electrons. The third kappa shape index (κ3) is 3.69. The first-order valence-electron chi connectivity index (χ1n) is 7.91. The van der Waals surface area contributed by atoms with E-state index in [-0.39, 0.29) is 6.73 Å². The maximum Gasteiger partial charge on any atom is 0.213 e. The molecule has 7 nitrogen and oxygen atoms in total. The standard InChI is InChI=1S/C16H23N5O2/c1-23-15-3-2-13-16(20-15)14(4-6-19-13)21-9-5-12(10-21)18-8-7-17-11-22/h2-4,6,12,17-18,22H,5,7-11H2,1H3. The summed E-state index contributed by atoms with van der Waals surface area (Å²) < 4.78 is 5.24. The number of pyridine rings is 2. The molecule has 0 bridgehead atoms. The van der Waals surface area contributed by atoms with E-state index in [2.05, 4.69) is 25.5 Å². The van der Waals surface area contributed by atoms with Gasteiger partial charge in [-0.2, -0.15) is 0 Å². The third-order valence-electron chi connectivity index (χ3n) is 4.12. The Balaban J connectivity index is 1.71. The fourth-order valence-corrected chi connectivity index (χ4v) is 2.95. The number of aliphatic hydroxyl groups is 1. The van der Waals surface area contributed by atoms with E-state index in [1.54, 1.807) is 7.11 Å². The minimum absolute atomic E-state index is 0.0228. The van der Waals surface area contributed by atoms with Crippen molar-refractivity contribution in [3.63, 3.8) is 0 Å². The number of nitrogens with one attached hydrogen (secondary N) is 2. The van der Waals surface area contributed by atoms with E-state index in [0.717, 1.165) is 49.3 Å². The molecule has 2 aromatic rings. The number of nitrogens with zero attached hydrogens (tertiary/aromatic N) is 3. The van der Waals surface area contributed by atoms with Gasteiger partial charge in [0.05, 0.1) is 25.0 Å². The monoisotopic (exact) mass is 317 g/mol. The van der Waals surface area contributed by atoms with Crippen molar-refractivity contribution in [2.75, 3.05) is 44.9 Å². The summed E-state index contributed by atoms with van der Waals surface area (Å²) in [5, 5.41) is 15.1. The van der Waals surface area contributed by atoms with E-state index in [4.69, 9.17) is 9.84 Å². The van der Waals surface area contributed by atoms with Crippen molar-refractivity contribution in [2.24, 2.45) is 0 Å². The van der Waals surface area contributed by atoms with Gasteiger partial charge in [0.1, 0.15) is 5.52 Å². The Kier molecular flexibility index (Phi) is 5.22. The smallest absolute Gasteiger partial charge is 0.213 e. The predicted octanol–water partition coefficient (Wildman–Crippen LogP) is 0.346. The SMILES string of the molecule is COc1ccc2nccc(N3CCC(NCCNCO)C3)c2n1. The third-order valence-corrected chi connectivity index (χ3v) is 4.12. The van der Waals surface area contributed by atoms with Crippen LogP contribution < -0.4 is 20.3 Å². The summed E-state index contributed by atoms with van der Waals surface area (Å²) in [6.07, 6.45) is 2.92. The number of anilines is 1. The first kappa shape index (κ1) is 15.9. The fourth-order valence-electron chi connectivity index (χ4n) is 2.95. The van der Waals surface area contributed by atoms with Gasteiger partial charge in [0.2, 0.25) is 5.88 Å². The van der Waals surface area contributed by atoms with Crippen LogP contribution in [0.2, 0.25) is 0 Å². The van der Waals surface area contributed by atoms with Crippen LogP contribution in [0.5, 0.6) is 5.88 Å². The van der Waals surface area contributed by atoms with Crippen LogP contribution in [0.3, 0.4) is 0 Å². The van der Waals surface area contributed by atoms with E-state index in [0.29, 0.717) is 11.9 Å². The van der Waals surface area contributed by atoms with E-state index in [9.17, 15) is 0 Å². The van der Waals surface area contributed by atoms with Crippen LogP contribution in [0.4, 0.5) is 5.69 Å². The predicted molar refractivity (Wildman–Crippen MR) is 89.8 cm³/mol. The Morgan fingerprint density at radius 1 is 1.35 bits per heavy atom. The molecule has 1 aliphatic heterocycles. The van der Waals surface area contributed by atoms with Crippen molar-refractivity contribution in [1.82, 2.24) is 20.6 Å². The maximum atomic E-state index is 8.72. The van der Waals surface area contributed by atoms with Crippen molar-refractivity contribution in [1.29, 1.82) is 0 Å². The van der Waals surface area contributed by atoms with Gasteiger partial charge in [-0.25, -0.2) is 4.98 Å². The van der Waals surface area contributed by atoms with Crippen LogP contribution in [0, 0.1) is 0 Å². The minimum Gasteiger partial charge on any atom is -0.481 e. The molecular weight excluding hydrogens is 294 g/mol. The first-order valence-corrected chi connectivity index (χ1v) is 7.91. The Hall–Kier alpha value is -1.96. The summed E-state index contributed by atoms with van der Waals surface area (Å²) in [5.41, 5.74) is 2.87. The summed E-state index contributed by atoms with van der Waals surface area (Å²) in [6.45, 7) is 3.57. The van der Waals surface area contributed by atoms with Crippen LogP contribution >= 0.6 is 0 Å². The molecule has 1 aliphatic rings. The van der Waals surface area contributed by atoms with Crippen LogP contribution in [0.15, 0.2) is 24.4 Å². The molecule has 1 fully saturated rings. The lowest BCUT2D eigenvalue weighted by molar-refractivity contribution is 0.260. The Morgan fingerprint density at radius 3 is 3.09 bits per heavy atom. The highest BCUT2D eigenvalue weighted by Gasteiger charge is 2.24. The van der Waals surface area contributed by atoms with Crippen molar-refractivity contribution in [3.8, 4) is 5.88 Å². The first-order chi connectivity index (χ1) is 11.3. The second kappa shape index (κ2) is 7.54. The van der Waals surface area contributed by atoms with Crippen molar-refractivity contribution in [2.45, 2.75) is 12.5 Å². The number of hydrogen-bond donors (Lipinski definition) is 3. The number of rotatable bonds is 7. The average Bonchev–Trinajstić information content (AvgIpc) is 3.06. The Labute approximate surface area is 135 Å². The quantitative estimate of drug-likeness (QED) is 0.502. The van der Waals surface area contributed by atoms with Gasteiger partial charge in [-0.3, -0.25) is 10.3 Å². The molecule has 2 aromatic heterocycles. The normalized spacial score (nSPS) is 17.8. The second-order valence-corrected chi connectivity index (χ2v) is 5.60. The topological polar surface area (TPSA) is 82.5 Å². The molecule has 0 aliphatic carbocycles. The van der Waals surface area contributed by atoms with E-state index in [1.807, 2.05) is 24.4 Å². The van der Waals surface area contributed by atoms with Crippen LogP contribution in [0.25, 0.3) is 11.0 Å². The van der Waals surface area contributed by atoms with Crippen LogP contribution in [-0.4, -0.2) is 61.1 Å². The molecule has 3 rings (SSSR count). The highest BCUT2D eigenvalue weighted by atomic mass is 16.5. The number of hydrogen-bond acceptors (Lipinski definition) is 7. The summed E-state index contributed by atoms with van der Waals surface area (Å²) in [6, 6.07) is 6.24. The molecule has 1 saturated heterocycles.